The lowest BCUT2D eigenvalue weighted by Gasteiger charge is -2.32. The first-order chi connectivity index (χ1) is 7.24. The number of rotatable bonds is 5. The number of aliphatic hydroxyl groups is 1. The van der Waals surface area contributed by atoms with Crippen molar-refractivity contribution in [3.8, 4) is 0 Å². The fourth-order valence-corrected chi connectivity index (χ4v) is 2.28. The fraction of sp³-hybridized carbons (Fsp3) is 1.00. The standard InChI is InChI=1S/C12H24N2O/c1-10(15)4-7-14-8-5-12(6-9-14)13-11-2-3-11/h10-13,15H,2-9H2,1H3. The Morgan fingerprint density at radius 3 is 2.33 bits per heavy atom. The molecule has 1 heterocycles. The van der Waals surface area contributed by atoms with Gasteiger partial charge in [-0.3, -0.25) is 0 Å². The third-order valence-electron chi connectivity index (χ3n) is 3.50. The van der Waals surface area contributed by atoms with E-state index < -0.39 is 0 Å². The molecule has 3 heteroatoms. The van der Waals surface area contributed by atoms with Crippen molar-refractivity contribution in [3.05, 3.63) is 0 Å². The molecule has 88 valence electrons. The number of likely N-dealkylation sites (tertiary alicyclic amines) is 1. The lowest BCUT2D eigenvalue weighted by molar-refractivity contribution is 0.138. The van der Waals surface area contributed by atoms with Crippen LogP contribution in [0.1, 0.15) is 39.0 Å². The van der Waals surface area contributed by atoms with Crippen molar-refractivity contribution in [2.75, 3.05) is 19.6 Å². The van der Waals surface area contributed by atoms with Crippen molar-refractivity contribution < 1.29 is 5.11 Å². The van der Waals surface area contributed by atoms with E-state index in [1.54, 1.807) is 0 Å². The van der Waals surface area contributed by atoms with Crippen LogP contribution in [-0.2, 0) is 0 Å². The number of nitrogens with zero attached hydrogens (tertiary/aromatic N) is 1. The van der Waals surface area contributed by atoms with Gasteiger partial charge in [0, 0.05) is 18.6 Å². The summed E-state index contributed by atoms with van der Waals surface area (Å²) in [6, 6.07) is 1.61. The van der Waals surface area contributed by atoms with Crippen LogP contribution >= 0.6 is 0 Å². The second kappa shape index (κ2) is 5.28. The number of piperidine rings is 1. The monoisotopic (exact) mass is 212 g/mol. The Kier molecular flexibility index (Phi) is 4.00. The highest BCUT2D eigenvalue weighted by atomic mass is 16.3. The van der Waals surface area contributed by atoms with E-state index in [-0.39, 0.29) is 6.10 Å². The first-order valence-electron chi connectivity index (χ1n) is 6.40. The van der Waals surface area contributed by atoms with E-state index in [4.69, 9.17) is 0 Å². The predicted molar refractivity (Wildman–Crippen MR) is 61.9 cm³/mol. The molecule has 2 rings (SSSR count). The van der Waals surface area contributed by atoms with E-state index in [0.717, 1.165) is 25.0 Å². The van der Waals surface area contributed by atoms with Crippen molar-refractivity contribution in [2.45, 2.75) is 57.2 Å². The molecule has 1 atom stereocenters. The van der Waals surface area contributed by atoms with Gasteiger partial charge < -0.3 is 15.3 Å². The summed E-state index contributed by atoms with van der Waals surface area (Å²) in [4.78, 5) is 2.48. The maximum Gasteiger partial charge on any atom is 0.0524 e. The third-order valence-corrected chi connectivity index (χ3v) is 3.50. The zero-order valence-corrected chi connectivity index (χ0v) is 9.78. The van der Waals surface area contributed by atoms with Crippen molar-refractivity contribution in [3.63, 3.8) is 0 Å². The fourth-order valence-electron chi connectivity index (χ4n) is 2.28. The van der Waals surface area contributed by atoms with Gasteiger partial charge in [-0.1, -0.05) is 0 Å². The quantitative estimate of drug-likeness (QED) is 0.713. The zero-order chi connectivity index (χ0) is 10.7. The van der Waals surface area contributed by atoms with Crippen LogP contribution in [0.4, 0.5) is 0 Å². The maximum atomic E-state index is 9.22. The lowest BCUT2D eigenvalue weighted by Crippen LogP contribution is -2.43. The van der Waals surface area contributed by atoms with Crippen LogP contribution in [0.2, 0.25) is 0 Å². The average Bonchev–Trinajstić information content (AvgIpc) is 3.01. The Labute approximate surface area is 92.8 Å². The molecule has 0 bridgehead atoms. The molecule has 1 aliphatic carbocycles. The summed E-state index contributed by atoms with van der Waals surface area (Å²) in [5.74, 6) is 0. The predicted octanol–water partition coefficient (Wildman–Crippen LogP) is 0.974. The largest absolute Gasteiger partial charge is 0.393 e. The Morgan fingerprint density at radius 1 is 1.20 bits per heavy atom. The van der Waals surface area contributed by atoms with Gasteiger partial charge in [0.2, 0.25) is 0 Å². The number of hydrogen-bond acceptors (Lipinski definition) is 3. The Balaban J connectivity index is 1.58. The Bertz CT molecular complexity index is 184. The molecular weight excluding hydrogens is 188 g/mol. The molecule has 1 unspecified atom stereocenters. The highest BCUT2D eigenvalue weighted by Crippen LogP contribution is 2.22. The smallest absolute Gasteiger partial charge is 0.0524 e. The van der Waals surface area contributed by atoms with Crippen LogP contribution in [0.5, 0.6) is 0 Å². The van der Waals surface area contributed by atoms with Crippen molar-refractivity contribution >= 4 is 0 Å². The van der Waals surface area contributed by atoms with Gasteiger partial charge in [0.25, 0.3) is 0 Å². The average molecular weight is 212 g/mol. The second-order valence-corrected chi connectivity index (χ2v) is 5.19. The molecule has 0 amide bonds. The molecule has 1 aliphatic heterocycles. The van der Waals surface area contributed by atoms with E-state index in [1.807, 2.05) is 6.92 Å². The highest BCUT2D eigenvalue weighted by molar-refractivity contribution is 4.87. The second-order valence-electron chi connectivity index (χ2n) is 5.19. The first kappa shape index (κ1) is 11.4. The van der Waals surface area contributed by atoms with Crippen LogP contribution in [0.3, 0.4) is 0 Å². The van der Waals surface area contributed by atoms with Gasteiger partial charge in [-0.15, -0.1) is 0 Å². The summed E-state index contributed by atoms with van der Waals surface area (Å²) in [6.07, 6.45) is 6.13. The summed E-state index contributed by atoms with van der Waals surface area (Å²) in [5, 5.41) is 12.9. The molecule has 0 radical (unpaired) electrons. The SMILES string of the molecule is CC(O)CCN1CCC(NC2CC2)CC1. The molecular formula is C12H24N2O. The summed E-state index contributed by atoms with van der Waals surface area (Å²) in [7, 11) is 0. The topological polar surface area (TPSA) is 35.5 Å². The van der Waals surface area contributed by atoms with E-state index in [1.165, 1.54) is 38.8 Å². The minimum Gasteiger partial charge on any atom is -0.393 e. The molecule has 0 aromatic carbocycles. The van der Waals surface area contributed by atoms with Crippen LogP contribution in [0.15, 0.2) is 0 Å². The van der Waals surface area contributed by atoms with Gasteiger partial charge in [-0.2, -0.15) is 0 Å². The van der Waals surface area contributed by atoms with Gasteiger partial charge in [0.1, 0.15) is 0 Å². The lowest BCUT2D eigenvalue weighted by atomic mass is 10.0. The number of nitrogens with one attached hydrogen (secondary N) is 1. The van der Waals surface area contributed by atoms with Crippen LogP contribution in [-0.4, -0.2) is 47.8 Å². The van der Waals surface area contributed by atoms with Crippen molar-refractivity contribution in [1.82, 2.24) is 10.2 Å². The van der Waals surface area contributed by atoms with Gasteiger partial charge >= 0.3 is 0 Å². The van der Waals surface area contributed by atoms with E-state index in [0.29, 0.717) is 0 Å². The maximum absolute atomic E-state index is 9.22. The van der Waals surface area contributed by atoms with Crippen LogP contribution < -0.4 is 5.32 Å². The molecule has 2 fully saturated rings. The number of hydrogen-bond donors (Lipinski definition) is 2. The summed E-state index contributed by atoms with van der Waals surface area (Å²) < 4.78 is 0. The molecule has 3 nitrogen and oxygen atoms in total. The number of aliphatic hydroxyl groups excluding tert-OH is 1. The van der Waals surface area contributed by atoms with Gasteiger partial charge in [0.15, 0.2) is 0 Å². The molecule has 15 heavy (non-hydrogen) atoms. The van der Waals surface area contributed by atoms with Gasteiger partial charge in [0.05, 0.1) is 6.10 Å². The molecule has 0 aromatic heterocycles. The third kappa shape index (κ3) is 4.09. The van der Waals surface area contributed by atoms with Gasteiger partial charge in [-0.05, 0) is 52.1 Å². The van der Waals surface area contributed by atoms with Crippen LogP contribution in [0, 0.1) is 0 Å². The molecule has 1 saturated heterocycles. The van der Waals surface area contributed by atoms with Crippen LogP contribution in [0.25, 0.3) is 0 Å². The minimum atomic E-state index is -0.146. The summed E-state index contributed by atoms with van der Waals surface area (Å²) in [6.45, 7) is 5.35. The minimum absolute atomic E-state index is 0.146. The Hall–Kier alpha value is -0.120. The van der Waals surface area contributed by atoms with E-state index in [2.05, 4.69) is 10.2 Å². The normalized spacial score (nSPS) is 26.8. The van der Waals surface area contributed by atoms with Gasteiger partial charge in [-0.25, -0.2) is 0 Å². The van der Waals surface area contributed by atoms with E-state index >= 15 is 0 Å². The zero-order valence-electron chi connectivity index (χ0n) is 9.78. The van der Waals surface area contributed by atoms with Crippen molar-refractivity contribution in [2.24, 2.45) is 0 Å². The molecule has 2 N–H and O–H groups in total. The molecule has 1 saturated carbocycles. The first-order valence-corrected chi connectivity index (χ1v) is 6.40. The molecule has 0 spiro atoms. The van der Waals surface area contributed by atoms with Crippen molar-refractivity contribution in [1.29, 1.82) is 0 Å². The Morgan fingerprint density at radius 2 is 1.80 bits per heavy atom. The summed E-state index contributed by atoms with van der Waals surface area (Å²) in [5.41, 5.74) is 0. The highest BCUT2D eigenvalue weighted by Gasteiger charge is 2.26. The van der Waals surface area contributed by atoms with E-state index in [9.17, 15) is 5.11 Å². The molecule has 2 aliphatic rings. The molecule has 0 aromatic rings. The summed E-state index contributed by atoms with van der Waals surface area (Å²) >= 11 is 0.